The molecule has 1 saturated heterocycles. The molecule has 1 unspecified atom stereocenters. The van der Waals surface area contributed by atoms with Crippen LogP contribution in [-0.4, -0.2) is 49.6 Å². The zero-order valence-corrected chi connectivity index (χ0v) is 19.5. The van der Waals surface area contributed by atoms with E-state index in [1.165, 1.54) is 36.4 Å². The molecule has 0 spiro atoms. The standard InChI is InChI=1S/C22H24F2N2O5S2/c1-15-5-11-18(12-6-15)33(29,30)26-13-3-2-4-19(26)21(28)31-14-20(27)25-16-7-9-17(10-8-16)32-22(23)24/h5-12,19,22H,2-4,13-14H2,1H3,(H,25,27). The Morgan fingerprint density at radius 1 is 1.12 bits per heavy atom. The number of halogens is 2. The number of rotatable bonds is 8. The number of aryl methyl sites for hydroxylation is 1. The monoisotopic (exact) mass is 498 g/mol. The average Bonchev–Trinajstić information content (AvgIpc) is 2.79. The number of alkyl halides is 2. The number of benzene rings is 2. The minimum absolute atomic E-state index is 0.0963. The number of esters is 1. The molecule has 0 saturated carbocycles. The third-order valence-corrected chi connectivity index (χ3v) is 7.71. The Morgan fingerprint density at radius 2 is 1.79 bits per heavy atom. The van der Waals surface area contributed by atoms with Gasteiger partial charge in [-0.05, 0) is 62.6 Å². The van der Waals surface area contributed by atoms with Crippen molar-refractivity contribution >= 4 is 39.3 Å². The fraction of sp³-hybridized carbons (Fsp3) is 0.364. The molecule has 178 valence electrons. The molecule has 1 heterocycles. The first-order valence-electron chi connectivity index (χ1n) is 10.3. The van der Waals surface area contributed by atoms with Crippen molar-refractivity contribution in [1.29, 1.82) is 0 Å². The van der Waals surface area contributed by atoms with E-state index in [1.807, 2.05) is 6.92 Å². The first-order valence-corrected chi connectivity index (χ1v) is 12.6. The molecule has 1 amide bonds. The molecule has 2 aromatic carbocycles. The first kappa shape index (κ1) is 25.1. The second kappa shape index (κ2) is 11.1. The maximum Gasteiger partial charge on any atom is 0.324 e. The number of anilines is 1. The molecular weight excluding hydrogens is 474 g/mol. The Balaban J connectivity index is 1.60. The summed E-state index contributed by atoms with van der Waals surface area (Å²) in [5, 5.41) is 2.51. The molecule has 7 nitrogen and oxygen atoms in total. The van der Waals surface area contributed by atoms with Crippen LogP contribution in [0.25, 0.3) is 0 Å². The zero-order chi connectivity index (χ0) is 24.0. The average molecular weight is 499 g/mol. The Hall–Kier alpha value is -2.50. The number of carbonyl (C=O) groups excluding carboxylic acids is 2. The summed E-state index contributed by atoms with van der Waals surface area (Å²) in [7, 11) is -3.90. The Labute approximate surface area is 195 Å². The van der Waals surface area contributed by atoms with Crippen LogP contribution in [-0.2, 0) is 24.3 Å². The van der Waals surface area contributed by atoms with E-state index in [4.69, 9.17) is 4.74 Å². The Morgan fingerprint density at radius 3 is 2.42 bits per heavy atom. The predicted molar refractivity (Wildman–Crippen MR) is 121 cm³/mol. The number of nitrogens with zero attached hydrogens (tertiary/aromatic N) is 1. The van der Waals surface area contributed by atoms with Gasteiger partial charge in [0.2, 0.25) is 10.0 Å². The lowest BCUT2D eigenvalue weighted by molar-refractivity contribution is -0.152. The van der Waals surface area contributed by atoms with E-state index in [0.29, 0.717) is 41.6 Å². The molecule has 11 heteroatoms. The molecule has 0 aromatic heterocycles. The van der Waals surface area contributed by atoms with E-state index in [0.717, 1.165) is 9.87 Å². The van der Waals surface area contributed by atoms with Crippen LogP contribution >= 0.6 is 11.8 Å². The second-order valence-electron chi connectivity index (χ2n) is 7.50. The van der Waals surface area contributed by atoms with E-state index < -0.39 is 40.3 Å². The van der Waals surface area contributed by atoms with Crippen molar-refractivity contribution in [2.75, 3.05) is 18.5 Å². The van der Waals surface area contributed by atoms with E-state index in [1.54, 1.807) is 12.1 Å². The first-order chi connectivity index (χ1) is 15.7. The highest BCUT2D eigenvalue weighted by Gasteiger charge is 2.38. The van der Waals surface area contributed by atoms with E-state index >= 15 is 0 Å². The lowest BCUT2D eigenvalue weighted by Gasteiger charge is -2.33. The number of sulfonamides is 1. The summed E-state index contributed by atoms with van der Waals surface area (Å²) >= 11 is 0.388. The Kier molecular flexibility index (Phi) is 8.44. The fourth-order valence-electron chi connectivity index (χ4n) is 3.42. The highest BCUT2D eigenvalue weighted by atomic mass is 32.2. The van der Waals surface area contributed by atoms with Crippen molar-refractivity contribution in [3.8, 4) is 0 Å². The summed E-state index contributed by atoms with van der Waals surface area (Å²) in [6.45, 7) is 1.44. The minimum atomic E-state index is -3.90. The summed E-state index contributed by atoms with van der Waals surface area (Å²) in [6.07, 6.45) is 1.58. The zero-order valence-electron chi connectivity index (χ0n) is 17.9. The van der Waals surface area contributed by atoms with Gasteiger partial charge in [0, 0.05) is 17.1 Å². The van der Waals surface area contributed by atoms with E-state index in [2.05, 4.69) is 5.32 Å². The smallest absolute Gasteiger partial charge is 0.324 e. The van der Waals surface area contributed by atoms with Gasteiger partial charge in [-0.25, -0.2) is 8.42 Å². The number of thioether (sulfide) groups is 1. The largest absolute Gasteiger partial charge is 0.454 e. The fourth-order valence-corrected chi connectivity index (χ4v) is 5.57. The summed E-state index contributed by atoms with van der Waals surface area (Å²) < 4.78 is 57.2. The maximum absolute atomic E-state index is 13.1. The maximum atomic E-state index is 13.1. The number of piperidine rings is 1. The molecule has 2 aromatic rings. The summed E-state index contributed by atoms with van der Waals surface area (Å²) in [5.41, 5.74) is 1.27. The van der Waals surface area contributed by atoms with Crippen molar-refractivity contribution in [3.05, 3.63) is 54.1 Å². The van der Waals surface area contributed by atoms with Crippen LogP contribution in [0.2, 0.25) is 0 Å². The minimum Gasteiger partial charge on any atom is -0.454 e. The summed E-state index contributed by atoms with van der Waals surface area (Å²) in [5.74, 6) is -3.95. The molecule has 0 aliphatic carbocycles. The predicted octanol–water partition coefficient (Wildman–Crippen LogP) is 4.03. The van der Waals surface area contributed by atoms with Crippen LogP contribution in [0.15, 0.2) is 58.3 Å². The van der Waals surface area contributed by atoms with Gasteiger partial charge in [-0.3, -0.25) is 9.59 Å². The molecule has 33 heavy (non-hydrogen) atoms. The third kappa shape index (κ3) is 6.75. The van der Waals surface area contributed by atoms with Crippen LogP contribution in [0, 0.1) is 6.92 Å². The number of nitrogens with one attached hydrogen (secondary N) is 1. The van der Waals surface area contributed by atoms with Gasteiger partial charge < -0.3 is 10.1 Å². The molecule has 1 aliphatic rings. The molecule has 1 atom stereocenters. The lowest BCUT2D eigenvalue weighted by Crippen LogP contribution is -2.48. The van der Waals surface area contributed by atoms with E-state index in [9.17, 15) is 26.8 Å². The SMILES string of the molecule is Cc1ccc(S(=O)(=O)N2CCCCC2C(=O)OCC(=O)Nc2ccc(SC(F)F)cc2)cc1. The number of amides is 1. The number of hydrogen-bond acceptors (Lipinski definition) is 6. The van der Waals surface area contributed by atoms with Gasteiger partial charge in [-0.2, -0.15) is 13.1 Å². The van der Waals surface area contributed by atoms with Crippen molar-refractivity contribution < 1.29 is 31.5 Å². The van der Waals surface area contributed by atoms with Crippen LogP contribution in [0.5, 0.6) is 0 Å². The van der Waals surface area contributed by atoms with Crippen molar-refractivity contribution in [3.63, 3.8) is 0 Å². The van der Waals surface area contributed by atoms with E-state index in [-0.39, 0.29) is 11.4 Å². The van der Waals surface area contributed by atoms with Gasteiger partial charge in [0.25, 0.3) is 11.7 Å². The molecule has 3 rings (SSSR count). The van der Waals surface area contributed by atoms with Gasteiger partial charge in [0.05, 0.1) is 4.90 Å². The Bertz CT molecular complexity index is 1080. The van der Waals surface area contributed by atoms with Gasteiger partial charge in [-0.15, -0.1) is 0 Å². The number of carbonyl (C=O) groups is 2. The van der Waals surface area contributed by atoms with Crippen LogP contribution in [0.1, 0.15) is 24.8 Å². The molecule has 1 aliphatic heterocycles. The topological polar surface area (TPSA) is 92.8 Å². The molecule has 0 radical (unpaired) electrons. The normalized spacial score (nSPS) is 17.0. The molecule has 1 N–H and O–H groups in total. The third-order valence-electron chi connectivity index (χ3n) is 5.06. The summed E-state index contributed by atoms with van der Waals surface area (Å²) in [6, 6.07) is 11.2. The quantitative estimate of drug-likeness (QED) is 0.436. The number of ether oxygens (including phenoxy) is 1. The molecule has 1 fully saturated rings. The van der Waals surface area contributed by atoms with Crippen molar-refractivity contribution in [2.45, 2.75) is 47.8 Å². The molecule has 0 bridgehead atoms. The van der Waals surface area contributed by atoms with Crippen LogP contribution < -0.4 is 5.32 Å². The van der Waals surface area contributed by atoms with Gasteiger partial charge in [0.15, 0.2) is 6.61 Å². The second-order valence-corrected chi connectivity index (χ2v) is 10.5. The van der Waals surface area contributed by atoms with Gasteiger partial charge in [-0.1, -0.05) is 29.5 Å². The highest BCUT2D eigenvalue weighted by Crippen LogP contribution is 2.27. The summed E-state index contributed by atoms with van der Waals surface area (Å²) in [4.78, 5) is 25.3. The van der Waals surface area contributed by atoms with Crippen LogP contribution in [0.4, 0.5) is 14.5 Å². The van der Waals surface area contributed by atoms with Crippen LogP contribution in [0.3, 0.4) is 0 Å². The highest BCUT2D eigenvalue weighted by molar-refractivity contribution is 7.99. The van der Waals surface area contributed by atoms with Gasteiger partial charge in [0.1, 0.15) is 6.04 Å². The number of hydrogen-bond donors (Lipinski definition) is 1. The van der Waals surface area contributed by atoms with Gasteiger partial charge >= 0.3 is 5.97 Å². The molecular formula is C22H24F2N2O5S2. The van der Waals surface area contributed by atoms with Crippen molar-refractivity contribution in [2.24, 2.45) is 0 Å². The lowest BCUT2D eigenvalue weighted by atomic mass is 10.1. The van der Waals surface area contributed by atoms with Crippen molar-refractivity contribution in [1.82, 2.24) is 4.31 Å².